The topological polar surface area (TPSA) is 77.0 Å². The maximum atomic E-state index is 10.2. The lowest BCUT2D eigenvalue weighted by Gasteiger charge is -2.19. The predicted octanol–water partition coefficient (Wildman–Crippen LogP) is -0.907. The van der Waals surface area contributed by atoms with Crippen LogP contribution in [0.3, 0.4) is 0 Å². The van der Waals surface area contributed by atoms with Crippen molar-refractivity contribution in [1.82, 2.24) is 5.32 Å². The highest BCUT2D eigenvalue weighted by Gasteiger charge is 2.19. The van der Waals surface area contributed by atoms with Crippen molar-refractivity contribution in [2.24, 2.45) is 0 Å². The van der Waals surface area contributed by atoms with Crippen LogP contribution < -0.4 is 5.32 Å². The summed E-state index contributed by atoms with van der Waals surface area (Å²) in [5.74, 6) is -0.838. The minimum Gasteiger partial charge on any atom is -0.480 e. The highest BCUT2D eigenvalue weighted by molar-refractivity contribution is 5.73. The van der Waals surface area contributed by atoms with Crippen LogP contribution in [0.25, 0.3) is 0 Å². The van der Waals surface area contributed by atoms with Gasteiger partial charge in [-0.05, 0) is 0 Å². The van der Waals surface area contributed by atoms with Gasteiger partial charge in [0, 0.05) is 6.54 Å². The molecule has 1 atom stereocenters. The molecule has 2 aliphatic rings. The number of nitrogens with one attached hydrogen (secondary N) is 1. The number of hydrogen-bond acceptors (Lipinski definition) is 5. The van der Waals surface area contributed by atoms with E-state index in [-0.39, 0.29) is 6.61 Å². The Morgan fingerprint density at radius 1 is 1.07 bits per heavy atom. The van der Waals surface area contributed by atoms with E-state index >= 15 is 0 Å². The molecule has 0 bridgehead atoms. The number of hydrogen-bond donors (Lipinski definition) is 2. The van der Waals surface area contributed by atoms with Gasteiger partial charge in [0.15, 0.2) is 0 Å². The van der Waals surface area contributed by atoms with E-state index in [1.54, 1.807) is 0 Å². The molecule has 0 spiro atoms. The molecule has 15 heavy (non-hydrogen) atoms. The summed E-state index contributed by atoms with van der Waals surface area (Å²) in [6, 6.07) is -0.501. The zero-order valence-corrected chi connectivity index (χ0v) is 8.61. The van der Waals surface area contributed by atoms with Crippen LogP contribution in [-0.4, -0.2) is 63.3 Å². The highest BCUT2D eigenvalue weighted by atomic mass is 16.6. The van der Waals surface area contributed by atoms with Crippen molar-refractivity contribution >= 4 is 5.97 Å². The average molecular weight is 219 g/mol. The van der Waals surface area contributed by atoms with E-state index in [0.29, 0.717) is 13.2 Å². The van der Waals surface area contributed by atoms with Crippen LogP contribution in [0.1, 0.15) is 0 Å². The molecular weight excluding hydrogens is 202 g/mol. The Morgan fingerprint density at radius 3 is 1.93 bits per heavy atom. The van der Waals surface area contributed by atoms with Crippen LogP contribution in [0, 0.1) is 0 Å². The lowest BCUT2D eigenvalue weighted by molar-refractivity contribution is -0.142. The van der Waals surface area contributed by atoms with Gasteiger partial charge in [0.2, 0.25) is 0 Å². The first-order chi connectivity index (χ1) is 7.30. The second kappa shape index (κ2) is 7.58. The van der Waals surface area contributed by atoms with Gasteiger partial charge in [-0.15, -0.1) is 0 Å². The van der Waals surface area contributed by atoms with Gasteiger partial charge in [0.1, 0.15) is 6.04 Å². The van der Waals surface area contributed by atoms with Crippen LogP contribution >= 0.6 is 0 Å². The Bertz CT molecular complexity index is 166. The first-order valence-electron chi connectivity index (χ1n) is 5.00. The molecule has 6 heteroatoms. The first-order valence-corrected chi connectivity index (χ1v) is 5.00. The second-order valence-corrected chi connectivity index (χ2v) is 3.14. The molecule has 0 amide bonds. The van der Waals surface area contributed by atoms with Crippen molar-refractivity contribution < 1.29 is 24.1 Å². The third-order valence-electron chi connectivity index (χ3n) is 1.96. The summed E-state index contributed by atoms with van der Waals surface area (Å²) in [5.41, 5.74) is 0. The van der Waals surface area contributed by atoms with Crippen molar-refractivity contribution in [2.45, 2.75) is 6.04 Å². The molecule has 0 aromatic rings. The lowest BCUT2D eigenvalue weighted by atomic mass is 10.3. The van der Waals surface area contributed by atoms with Crippen molar-refractivity contribution in [3.8, 4) is 0 Å². The predicted molar refractivity (Wildman–Crippen MR) is 51.9 cm³/mol. The van der Waals surface area contributed by atoms with Gasteiger partial charge in [0.05, 0.1) is 39.6 Å². The first kappa shape index (κ1) is 12.4. The smallest absolute Gasteiger partial charge is 0.323 e. The van der Waals surface area contributed by atoms with E-state index in [9.17, 15) is 4.79 Å². The fraction of sp³-hybridized carbons (Fsp3) is 0.889. The molecule has 2 aliphatic heterocycles. The molecule has 2 fully saturated rings. The van der Waals surface area contributed by atoms with Gasteiger partial charge in [-0.25, -0.2) is 0 Å². The van der Waals surface area contributed by atoms with Crippen LogP contribution in [0.4, 0.5) is 0 Å². The molecule has 2 heterocycles. The van der Waals surface area contributed by atoms with Crippen LogP contribution in [0.5, 0.6) is 0 Å². The average Bonchev–Trinajstić information content (AvgIpc) is 2.33. The molecular formula is C9H17NO5. The number of morpholine rings is 1. The normalized spacial score (nSPS) is 26.3. The Labute approximate surface area is 88.5 Å². The zero-order chi connectivity index (χ0) is 10.9. The molecule has 0 aromatic heterocycles. The van der Waals surface area contributed by atoms with Gasteiger partial charge >= 0.3 is 5.97 Å². The molecule has 6 nitrogen and oxygen atoms in total. The van der Waals surface area contributed by atoms with Crippen LogP contribution in [0.15, 0.2) is 0 Å². The maximum absolute atomic E-state index is 10.2. The molecule has 2 rings (SSSR count). The van der Waals surface area contributed by atoms with Gasteiger partial charge in [-0.3, -0.25) is 4.79 Å². The summed E-state index contributed by atoms with van der Waals surface area (Å²) < 4.78 is 14.8. The quantitative estimate of drug-likeness (QED) is 0.594. The highest BCUT2D eigenvalue weighted by Crippen LogP contribution is 1.91. The fourth-order valence-electron chi connectivity index (χ4n) is 1.16. The number of carboxylic acids is 1. The Kier molecular flexibility index (Phi) is 6.26. The van der Waals surface area contributed by atoms with Crippen molar-refractivity contribution in [3.05, 3.63) is 0 Å². The SMILES string of the molecule is C1COCCO1.O=C(O)C1COCCN1. The molecule has 1 unspecified atom stereocenters. The number of aliphatic carboxylic acids is 1. The van der Waals surface area contributed by atoms with Gasteiger partial charge in [0.25, 0.3) is 0 Å². The van der Waals surface area contributed by atoms with E-state index in [1.807, 2.05) is 0 Å². The maximum Gasteiger partial charge on any atom is 0.323 e. The zero-order valence-electron chi connectivity index (χ0n) is 8.61. The number of carboxylic acid groups (broad SMARTS) is 1. The number of carbonyl (C=O) groups is 1. The molecule has 0 radical (unpaired) electrons. The summed E-state index contributed by atoms with van der Waals surface area (Å²) in [4.78, 5) is 10.2. The van der Waals surface area contributed by atoms with E-state index in [1.165, 1.54) is 0 Å². The summed E-state index contributed by atoms with van der Waals surface area (Å²) in [6.07, 6.45) is 0. The van der Waals surface area contributed by atoms with Crippen LogP contribution in [-0.2, 0) is 19.0 Å². The van der Waals surface area contributed by atoms with Crippen molar-refractivity contribution in [1.29, 1.82) is 0 Å². The third-order valence-corrected chi connectivity index (χ3v) is 1.96. The summed E-state index contributed by atoms with van der Waals surface area (Å²) >= 11 is 0. The Balaban J connectivity index is 0.000000162. The molecule has 2 N–H and O–H groups in total. The summed E-state index contributed by atoms with van der Waals surface area (Å²) in [7, 11) is 0. The molecule has 0 aromatic carbocycles. The van der Waals surface area contributed by atoms with Gasteiger partial charge in [-0.1, -0.05) is 0 Å². The standard InChI is InChI=1S/C5H9NO3.C4H8O2/c7-5(8)4-3-9-2-1-6-4;1-2-6-4-3-5-1/h4,6H,1-3H2,(H,7,8);1-4H2. The minimum absolute atomic E-state index is 0.287. The number of rotatable bonds is 1. The van der Waals surface area contributed by atoms with Crippen molar-refractivity contribution in [3.63, 3.8) is 0 Å². The van der Waals surface area contributed by atoms with E-state index < -0.39 is 12.0 Å². The molecule has 2 saturated heterocycles. The minimum atomic E-state index is -0.838. The Hall–Kier alpha value is -0.690. The molecule has 0 saturated carbocycles. The summed E-state index contributed by atoms with van der Waals surface area (Å²) in [5, 5.41) is 11.2. The second-order valence-electron chi connectivity index (χ2n) is 3.14. The molecule has 0 aliphatic carbocycles. The van der Waals surface area contributed by atoms with Gasteiger partial charge in [-0.2, -0.15) is 0 Å². The van der Waals surface area contributed by atoms with E-state index in [4.69, 9.17) is 19.3 Å². The lowest BCUT2D eigenvalue weighted by Crippen LogP contribution is -2.46. The molecule has 88 valence electrons. The van der Waals surface area contributed by atoms with Crippen molar-refractivity contribution in [2.75, 3.05) is 46.2 Å². The largest absolute Gasteiger partial charge is 0.480 e. The Morgan fingerprint density at radius 2 is 1.67 bits per heavy atom. The summed E-state index contributed by atoms with van der Waals surface area (Å²) in [6.45, 7) is 4.65. The number of ether oxygens (including phenoxy) is 3. The van der Waals surface area contributed by atoms with E-state index in [0.717, 1.165) is 26.4 Å². The monoisotopic (exact) mass is 219 g/mol. The van der Waals surface area contributed by atoms with Gasteiger partial charge < -0.3 is 24.6 Å². The van der Waals surface area contributed by atoms with Crippen LogP contribution in [0.2, 0.25) is 0 Å². The fourth-order valence-corrected chi connectivity index (χ4v) is 1.16. The third kappa shape index (κ3) is 5.68. The van der Waals surface area contributed by atoms with E-state index in [2.05, 4.69) is 5.32 Å².